The number of benzene rings is 3. The second-order valence-corrected chi connectivity index (χ2v) is 9.39. The highest BCUT2D eigenvalue weighted by atomic mass is 16.5. The number of ether oxygens (including phenoxy) is 2. The van der Waals surface area contributed by atoms with Crippen LogP contribution in [-0.2, 0) is 4.74 Å². The molecule has 0 amide bonds. The zero-order valence-corrected chi connectivity index (χ0v) is 21.1. The minimum absolute atomic E-state index is 0.198. The topological polar surface area (TPSA) is 82.1 Å². The van der Waals surface area contributed by atoms with Crippen molar-refractivity contribution in [1.29, 1.82) is 0 Å². The van der Waals surface area contributed by atoms with Gasteiger partial charge >= 0.3 is 5.63 Å². The van der Waals surface area contributed by atoms with Crippen LogP contribution < -0.4 is 10.4 Å². The SMILES string of the molecule is Cc1cc(=O)oc2c1ccc1oc(C(=O)c3ccc(OCCN4CCOCC4)cc3)c(-c3ccccc3)c12. The van der Waals surface area contributed by atoms with Crippen molar-refractivity contribution in [1.82, 2.24) is 4.90 Å². The Kier molecular flexibility index (Phi) is 6.54. The molecule has 0 bridgehead atoms. The molecule has 0 aliphatic carbocycles. The van der Waals surface area contributed by atoms with Gasteiger partial charge in [-0.25, -0.2) is 4.79 Å². The fourth-order valence-electron chi connectivity index (χ4n) is 4.95. The Balaban J connectivity index is 1.35. The normalized spacial score (nSPS) is 14.2. The minimum Gasteiger partial charge on any atom is -0.492 e. The lowest BCUT2D eigenvalue weighted by Crippen LogP contribution is -2.38. The number of morpholine rings is 1. The van der Waals surface area contributed by atoms with Crippen molar-refractivity contribution in [2.45, 2.75) is 6.92 Å². The first-order chi connectivity index (χ1) is 18.6. The molecule has 2 aromatic heterocycles. The quantitative estimate of drug-likeness (QED) is 0.213. The van der Waals surface area contributed by atoms with Gasteiger partial charge in [0.2, 0.25) is 5.78 Å². The number of rotatable bonds is 7. The molecule has 1 fully saturated rings. The Morgan fingerprint density at radius 2 is 1.71 bits per heavy atom. The van der Waals surface area contributed by atoms with E-state index in [9.17, 15) is 9.59 Å². The fourth-order valence-corrected chi connectivity index (χ4v) is 4.95. The summed E-state index contributed by atoms with van der Waals surface area (Å²) in [4.78, 5) is 28.3. The average Bonchev–Trinajstić information content (AvgIpc) is 3.34. The molecule has 0 spiro atoms. The average molecular weight is 510 g/mol. The molecule has 3 heterocycles. The van der Waals surface area contributed by atoms with Gasteiger partial charge in [0.1, 0.15) is 23.5 Å². The lowest BCUT2D eigenvalue weighted by atomic mass is 9.96. The van der Waals surface area contributed by atoms with Crippen molar-refractivity contribution in [3.63, 3.8) is 0 Å². The summed E-state index contributed by atoms with van der Waals surface area (Å²) in [5.41, 5.74) is 3.14. The number of furan rings is 1. The van der Waals surface area contributed by atoms with Gasteiger partial charge in [0.05, 0.1) is 18.6 Å². The Hall–Kier alpha value is -4.20. The van der Waals surface area contributed by atoms with Crippen molar-refractivity contribution in [3.8, 4) is 16.9 Å². The Morgan fingerprint density at radius 3 is 2.47 bits per heavy atom. The maximum absolute atomic E-state index is 13.8. The van der Waals surface area contributed by atoms with Crippen LogP contribution in [0.1, 0.15) is 21.7 Å². The van der Waals surface area contributed by atoms with E-state index in [0.717, 1.165) is 49.4 Å². The van der Waals surface area contributed by atoms with Crippen LogP contribution in [0.4, 0.5) is 0 Å². The Morgan fingerprint density at radius 1 is 0.947 bits per heavy atom. The van der Waals surface area contributed by atoms with E-state index >= 15 is 0 Å². The first-order valence-corrected chi connectivity index (χ1v) is 12.7. The smallest absolute Gasteiger partial charge is 0.336 e. The van der Waals surface area contributed by atoms with Crippen LogP contribution in [0.25, 0.3) is 33.1 Å². The number of fused-ring (bicyclic) bond motifs is 3. The first kappa shape index (κ1) is 24.2. The van der Waals surface area contributed by atoms with Crippen LogP contribution in [0.3, 0.4) is 0 Å². The number of hydrogen-bond acceptors (Lipinski definition) is 7. The van der Waals surface area contributed by atoms with E-state index in [4.69, 9.17) is 18.3 Å². The summed E-state index contributed by atoms with van der Waals surface area (Å²) in [6.45, 7) is 6.59. The summed E-state index contributed by atoms with van der Waals surface area (Å²) in [7, 11) is 0. The molecule has 0 unspecified atom stereocenters. The summed E-state index contributed by atoms with van der Waals surface area (Å²) < 4.78 is 23.1. The van der Waals surface area contributed by atoms with E-state index in [1.54, 1.807) is 24.3 Å². The van der Waals surface area contributed by atoms with E-state index in [1.165, 1.54) is 6.07 Å². The van der Waals surface area contributed by atoms with E-state index in [2.05, 4.69) is 4.90 Å². The fraction of sp³-hybridized carbons (Fsp3) is 0.226. The van der Waals surface area contributed by atoms with Gasteiger partial charge in [0.25, 0.3) is 0 Å². The second-order valence-electron chi connectivity index (χ2n) is 9.39. The molecule has 7 heteroatoms. The van der Waals surface area contributed by atoms with Gasteiger partial charge in [-0.2, -0.15) is 0 Å². The van der Waals surface area contributed by atoms with Crippen LogP contribution in [0, 0.1) is 6.92 Å². The van der Waals surface area contributed by atoms with Crippen LogP contribution in [-0.4, -0.2) is 50.1 Å². The third kappa shape index (κ3) is 4.62. The van der Waals surface area contributed by atoms with Crippen LogP contribution in [0.5, 0.6) is 5.75 Å². The summed E-state index contributed by atoms with van der Waals surface area (Å²) in [6, 6.07) is 21.8. The van der Waals surface area contributed by atoms with Crippen molar-refractivity contribution in [2.75, 3.05) is 39.5 Å². The molecule has 1 saturated heterocycles. The molecule has 0 N–H and O–H groups in total. The maximum Gasteiger partial charge on any atom is 0.336 e. The predicted octanol–water partition coefficient (Wildman–Crippen LogP) is 5.46. The number of ketones is 1. The highest BCUT2D eigenvalue weighted by Gasteiger charge is 2.26. The molecule has 1 aliphatic heterocycles. The molecule has 0 radical (unpaired) electrons. The predicted molar refractivity (Wildman–Crippen MR) is 145 cm³/mol. The van der Waals surface area contributed by atoms with Crippen LogP contribution >= 0.6 is 0 Å². The summed E-state index contributed by atoms with van der Waals surface area (Å²) >= 11 is 0. The number of aryl methyl sites for hydroxylation is 1. The summed E-state index contributed by atoms with van der Waals surface area (Å²) in [5.74, 6) is 0.637. The maximum atomic E-state index is 13.8. The van der Waals surface area contributed by atoms with Gasteiger partial charge in [-0.05, 0) is 54.4 Å². The first-order valence-electron chi connectivity index (χ1n) is 12.7. The Labute approximate surface area is 219 Å². The van der Waals surface area contributed by atoms with Gasteiger partial charge < -0.3 is 18.3 Å². The van der Waals surface area contributed by atoms with Crippen LogP contribution in [0.2, 0.25) is 0 Å². The highest BCUT2D eigenvalue weighted by Crippen LogP contribution is 2.40. The largest absolute Gasteiger partial charge is 0.492 e. The number of hydrogen-bond donors (Lipinski definition) is 0. The van der Waals surface area contributed by atoms with E-state index in [0.29, 0.717) is 40.0 Å². The molecule has 7 nitrogen and oxygen atoms in total. The molecule has 0 saturated carbocycles. The van der Waals surface area contributed by atoms with Crippen molar-refractivity contribution >= 4 is 27.7 Å². The molecule has 192 valence electrons. The Bertz CT molecular complexity index is 1660. The number of carbonyl (C=O) groups excluding carboxylic acids is 1. The van der Waals surface area contributed by atoms with Gasteiger partial charge in [-0.3, -0.25) is 9.69 Å². The second kappa shape index (κ2) is 10.3. The zero-order chi connectivity index (χ0) is 26.1. The third-order valence-electron chi connectivity index (χ3n) is 6.94. The molecule has 1 aliphatic rings. The molecule has 3 aromatic carbocycles. The van der Waals surface area contributed by atoms with E-state index < -0.39 is 5.63 Å². The van der Waals surface area contributed by atoms with Crippen molar-refractivity contribution in [2.24, 2.45) is 0 Å². The van der Waals surface area contributed by atoms with Crippen molar-refractivity contribution in [3.05, 3.63) is 100 Å². The molecular weight excluding hydrogens is 482 g/mol. The molecule has 5 aromatic rings. The van der Waals surface area contributed by atoms with E-state index in [1.807, 2.05) is 49.4 Å². The summed E-state index contributed by atoms with van der Waals surface area (Å²) in [6.07, 6.45) is 0. The summed E-state index contributed by atoms with van der Waals surface area (Å²) in [5, 5.41) is 1.41. The molecule has 38 heavy (non-hydrogen) atoms. The number of carbonyl (C=O) groups is 1. The zero-order valence-electron chi connectivity index (χ0n) is 21.1. The van der Waals surface area contributed by atoms with Gasteiger partial charge in [-0.1, -0.05) is 30.3 Å². The monoisotopic (exact) mass is 509 g/mol. The van der Waals surface area contributed by atoms with Gasteiger partial charge in [0, 0.05) is 42.2 Å². The minimum atomic E-state index is -0.445. The lowest BCUT2D eigenvalue weighted by Gasteiger charge is -2.26. The standard InChI is InChI=1S/C31H27NO6/c1-20-19-26(33)38-30-24(20)11-12-25-28(30)27(21-5-3-2-4-6-21)31(37-25)29(34)22-7-9-23(10-8-22)36-18-15-32-13-16-35-17-14-32/h2-12,19H,13-18H2,1H3. The van der Waals surface area contributed by atoms with Gasteiger partial charge in [-0.15, -0.1) is 0 Å². The lowest BCUT2D eigenvalue weighted by molar-refractivity contribution is 0.0322. The highest BCUT2D eigenvalue weighted by molar-refractivity contribution is 6.20. The molecule has 6 rings (SSSR count). The van der Waals surface area contributed by atoms with Gasteiger partial charge in [0.15, 0.2) is 5.76 Å². The van der Waals surface area contributed by atoms with Crippen LogP contribution in [0.15, 0.2) is 86.4 Å². The molecular formula is C31H27NO6. The third-order valence-corrected chi connectivity index (χ3v) is 6.94. The van der Waals surface area contributed by atoms with E-state index in [-0.39, 0.29) is 11.5 Å². The number of nitrogens with zero attached hydrogens (tertiary/aromatic N) is 1. The molecule has 0 atom stereocenters. The van der Waals surface area contributed by atoms with Crippen molar-refractivity contribution < 1.29 is 23.1 Å².